The number of hydrogen-bond donors (Lipinski definition) is 5. The maximum atomic E-state index is 11.4. The zero-order chi connectivity index (χ0) is 13.5. The lowest BCUT2D eigenvalue weighted by molar-refractivity contribution is -0.146. The molecule has 1 rings (SSSR count). The predicted molar refractivity (Wildman–Crippen MR) is 61.8 cm³/mol. The van der Waals surface area contributed by atoms with Gasteiger partial charge in [-0.2, -0.15) is 0 Å². The number of nitrogens with zero attached hydrogens (tertiary/aromatic N) is 1. The molecular formula is C10H16N4O4. The molecule has 8 heteroatoms. The Morgan fingerprint density at radius 3 is 2.83 bits per heavy atom. The molecule has 2 amide bonds. The number of hydrogen-bond acceptors (Lipinski definition) is 4. The Bertz CT molecular complexity index is 393. The third kappa shape index (κ3) is 4.42. The lowest BCUT2D eigenvalue weighted by Crippen LogP contribution is -2.39. The standard InChI is InChI=1S/C10H16N4O4/c1-6(8-11-4-5-12-8)14-10(18)13-3-2-7(15)9(16)17/h4-7,15H,2-3H2,1H3,(H,11,12)(H,16,17)(H2,13,14,18). The van der Waals surface area contributed by atoms with Crippen LogP contribution in [-0.4, -0.2) is 44.8 Å². The minimum absolute atomic E-state index is 0.0438. The summed E-state index contributed by atoms with van der Waals surface area (Å²) in [5.41, 5.74) is 0. The average molecular weight is 256 g/mol. The molecule has 2 atom stereocenters. The highest BCUT2D eigenvalue weighted by molar-refractivity contribution is 5.74. The number of imidazole rings is 1. The van der Waals surface area contributed by atoms with Crippen molar-refractivity contribution < 1.29 is 19.8 Å². The molecule has 0 fully saturated rings. The predicted octanol–water partition coefficient (Wildman–Crippen LogP) is -0.394. The van der Waals surface area contributed by atoms with Gasteiger partial charge >= 0.3 is 12.0 Å². The topological polar surface area (TPSA) is 127 Å². The zero-order valence-corrected chi connectivity index (χ0v) is 9.88. The molecule has 100 valence electrons. The maximum absolute atomic E-state index is 11.4. The van der Waals surface area contributed by atoms with Gasteiger partial charge in [-0.05, 0) is 6.92 Å². The Balaban J connectivity index is 2.24. The molecule has 5 N–H and O–H groups in total. The summed E-state index contributed by atoms with van der Waals surface area (Å²) in [5, 5.41) is 22.5. The van der Waals surface area contributed by atoms with E-state index in [1.807, 2.05) is 0 Å². The number of carbonyl (C=O) groups is 2. The summed E-state index contributed by atoms with van der Waals surface area (Å²) in [6.07, 6.45) is 1.72. The van der Waals surface area contributed by atoms with Gasteiger partial charge in [-0.15, -0.1) is 0 Å². The van der Waals surface area contributed by atoms with Gasteiger partial charge in [-0.1, -0.05) is 0 Å². The summed E-state index contributed by atoms with van der Waals surface area (Å²) >= 11 is 0. The Morgan fingerprint density at radius 1 is 1.56 bits per heavy atom. The van der Waals surface area contributed by atoms with Crippen LogP contribution >= 0.6 is 0 Å². The van der Waals surface area contributed by atoms with Gasteiger partial charge in [0.15, 0.2) is 6.10 Å². The van der Waals surface area contributed by atoms with Crippen molar-refractivity contribution in [2.24, 2.45) is 0 Å². The largest absolute Gasteiger partial charge is 0.479 e. The number of aromatic amines is 1. The highest BCUT2D eigenvalue weighted by atomic mass is 16.4. The van der Waals surface area contributed by atoms with E-state index >= 15 is 0 Å². The molecule has 8 nitrogen and oxygen atoms in total. The molecule has 0 bridgehead atoms. The minimum Gasteiger partial charge on any atom is -0.479 e. The fraction of sp³-hybridized carbons (Fsp3) is 0.500. The van der Waals surface area contributed by atoms with E-state index in [1.54, 1.807) is 19.3 Å². The van der Waals surface area contributed by atoms with Gasteiger partial charge in [-0.3, -0.25) is 0 Å². The Kier molecular flexibility index (Phi) is 5.12. The van der Waals surface area contributed by atoms with Gasteiger partial charge in [0, 0.05) is 25.4 Å². The molecule has 0 saturated carbocycles. The van der Waals surface area contributed by atoms with Crippen LogP contribution in [0.4, 0.5) is 4.79 Å². The number of H-pyrrole nitrogens is 1. The Morgan fingerprint density at radius 2 is 2.28 bits per heavy atom. The van der Waals surface area contributed by atoms with Crippen molar-refractivity contribution in [1.82, 2.24) is 20.6 Å². The average Bonchev–Trinajstić information content (AvgIpc) is 2.81. The number of urea groups is 1. The van der Waals surface area contributed by atoms with Gasteiger partial charge in [0.1, 0.15) is 5.82 Å². The van der Waals surface area contributed by atoms with Crippen LogP contribution < -0.4 is 10.6 Å². The van der Waals surface area contributed by atoms with Crippen molar-refractivity contribution in [3.8, 4) is 0 Å². The summed E-state index contributed by atoms with van der Waals surface area (Å²) in [4.78, 5) is 28.6. The monoisotopic (exact) mass is 256 g/mol. The molecule has 1 aromatic rings. The third-order valence-corrected chi connectivity index (χ3v) is 2.27. The summed E-state index contributed by atoms with van der Waals surface area (Å²) in [6, 6.07) is -0.735. The summed E-state index contributed by atoms with van der Waals surface area (Å²) < 4.78 is 0. The second kappa shape index (κ2) is 6.60. The summed E-state index contributed by atoms with van der Waals surface area (Å²) in [7, 11) is 0. The SMILES string of the molecule is CC(NC(=O)NCCC(O)C(=O)O)c1ncc[nH]1. The number of aliphatic hydroxyl groups is 1. The van der Waals surface area contributed by atoms with Gasteiger partial charge in [0.05, 0.1) is 6.04 Å². The summed E-state index contributed by atoms with van der Waals surface area (Å²) in [5.74, 6) is -0.683. The van der Waals surface area contributed by atoms with E-state index < -0.39 is 18.1 Å². The zero-order valence-electron chi connectivity index (χ0n) is 9.88. The molecule has 1 heterocycles. The van der Waals surface area contributed by atoms with Gasteiger partial charge in [0.2, 0.25) is 0 Å². The van der Waals surface area contributed by atoms with Crippen molar-refractivity contribution in [2.75, 3.05) is 6.54 Å². The number of aromatic nitrogens is 2. The number of rotatable bonds is 6. The first kappa shape index (κ1) is 14.0. The molecule has 0 aliphatic heterocycles. The van der Waals surface area contributed by atoms with Crippen LogP contribution in [0.1, 0.15) is 25.2 Å². The third-order valence-electron chi connectivity index (χ3n) is 2.27. The van der Waals surface area contributed by atoms with E-state index in [4.69, 9.17) is 10.2 Å². The number of carboxylic acid groups (broad SMARTS) is 1. The molecule has 0 aliphatic rings. The highest BCUT2D eigenvalue weighted by Crippen LogP contribution is 2.04. The molecule has 18 heavy (non-hydrogen) atoms. The molecule has 0 aliphatic carbocycles. The van der Waals surface area contributed by atoms with E-state index in [2.05, 4.69) is 20.6 Å². The van der Waals surface area contributed by atoms with Crippen molar-refractivity contribution in [1.29, 1.82) is 0 Å². The Hall–Kier alpha value is -2.09. The number of nitrogens with one attached hydrogen (secondary N) is 3. The quantitative estimate of drug-likeness (QED) is 0.473. The van der Waals surface area contributed by atoms with Crippen LogP contribution in [0.25, 0.3) is 0 Å². The van der Waals surface area contributed by atoms with Crippen molar-refractivity contribution >= 4 is 12.0 Å². The normalized spacial score (nSPS) is 13.7. The fourth-order valence-corrected chi connectivity index (χ4v) is 1.28. The number of amides is 2. The van der Waals surface area contributed by atoms with E-state index in [0.29, 0.717) is 5.82 Å². The summed E-state index contributed by atoms with van der Waals surface area (Å²) in [6.45, 7) is 1.83. The highest BCUT2D eigenvalue weighted by Gasteiger charge is 2.14. The van der Waals surface area contributed by atoms with Crippen LogP contribution in [0.3, 0.4) is 0 Å². The first-order chi connectivity index (χ1) is 8.50. The first-order valence-corrected chi connectivity index (χ1v) is 5.45. The van der Waals surface area contributed by atoms with Gasteiger partial charge in [0.25, 0.3) is 0 Å². The lowest BCUT2D eigenvalue weighted by atomic mass is 10.2. The minimum atomic E-state index is -1.47. The van der Waals surface area contributed by atoms with Gasteiger partial charge < -0.3 is 25.8 Å². The number of aliphatic carboxylic acids is 1. The molecule has 0 saturated heterocycles. The first-order valence-electron chi connectivity index (χ1n) is 5.45. The van der Waals surface area contributed by atoms with E-state index in [9.17, 15) is 9.59 Å². The fourth-order valence-electron chi connectivity index (χ4n) is 1.28. The van der Waals surface area contributed by atoms with Crippen LogP contribution in [0, 0.1) is 0 Å². The lowest BCUT2D eigenvalue weighted by Gasteiger charge is -2.13. The van der Waals surface area contributed by atoms with E-state index in [0.717, 1.165) is 0 Å². The van der Waals surface area contributed by atoms with Crippen molar-refractivity contribution in [3.05, 3.63) is 18.2 Å². The number of carbonyl (C=O) groups excluding carboxylic acids is 1. The molecule has 0 radical (unpaired) electrons. The number of aliphatic hydroxyl groups excluding tert-OH is 1. The van der Waals surface area contributed by atoms with Crippen LogP contribution in [0.2, 0.25) is 0 Å². The maximum Gasteiger partial charge on any atom is 0.332 e. The van der Waals surface area contributed by atoms with E-state index in [1.165, 1.54) is 0 Å². The van der Waals surface area contributed by atoms with Crippen molar-refractivity contribution in [3.63, 3.8) is 0 Å². The number of carboxylic acids is 1. The molecular weight excluding hydrogens is 240 g/mol. The molecule has 2 unspecified atom stereocenters. The molecule has 1 aromatic heterocycles. The van der Waals surface area contributed by atoms with Gasteiger partial charge in [-0.25, -0.2) is 14.6 Å². The van der Waals surface area contributed by atoms with Crippen LogP contribution in [0.5, 0.6) is 0 Å². The Labute approximate surface area is 103 Å². The van der Waals surface area contributed by atoms with Crippen LogP contribution in [0.15, 0.2) is 12.4 Å². The molecule has 0 spiro atoms. The van der Waals surface area contributed by atoms with E-state index in [-0.39, 0.29) is 19.0 Å². The molecule has 0 aromatic carbocycles. The smallest absolute Gasteiger partial charge is 0.332 e. The second-order valence-corrected chi connectivity index (χ2v) is 3.74. The van der Waals surface area contributed by atoms with Crippen LogP contribution in [-0.2, 0) is 4.79 Å². The van der Waals surface area contributed by atoms with Crippen molar-refractivity contribution in [2.45, 2.75) is 25.5 Å². The second-order valence-electron chi connectivity index (χ2n) is 3.74.